The minimum absolute atomic E-state index is 0.253. The smallest absolute Gasteiger partial charge is 0.129 e. The summed E-state index contributed by atoms with van der Waals surface area (Å²) in [6.45, 7) is 2.42. The lowest BCUT2D eigenvalue weighted by atomic mass is 10.2. The summed E-state index contributed by atoms with van der Waals surface area (Å²) in [5, 5.41) is 3.16. The van der Waals surface area contributed by atoms with Crippen molar-refractivity contribution in [1.29, 1.82) is 0 Å². The van der Waals surface area contributed by atoms with Gasteiger partial charge in [-0.15, -0.1) is 0 Å². The normalized spacial score (nSPS) is 10.4. The highest BCUT2D eigenvalue weighted by molar-refractivity contribution is 9.10. The molecule has 5 heteroatoms. The van der Waals surface area contributed by atoms with Gasteiger partial charge in [-0.3, -0.25) is 0 Å². The number of nitrogens with one attached hydrogen (secondary N) is 1. The molecule has 0 aliphatic carbocycles. The molecule has 2 aromatic rings. The van der Waals surface area contributed by atoms with Crippen LogP contribution in [0, 0.1) is 12.7 Å². The summed E-state index contributed by atoms with van der Waals surface area (Å²) in [5.74, 6) is 0.498. The fraction of sp³-hybridized carbons (Fsp3) is 0.154. The summed E-state index contributed by atoms with van der Waals surface area (Å²) in [5.41, 5.74) is 8.06. The molecule has 1 aromatic carbocycles. The van der Waals surface area contributed by atoms with Crippen molar-refractivity contribution >= 4 is 27.4 Å². The van der Waals surface area contributed by atoms with Gasteiger partial charge in [-0.1, -0.05) is 15.9 Å². The van der Waals surface area contributed by atoms with Gasteiger partial charge >= 0.3 is 0 Å². The quantitative estimate of drug-likeness (QED) is 0.912. The predicted molar refractivity (Wildman–Crippen MR) is 74.8 cm³/mol. The van der Waals surface area contributed by atoms with Crippen molar-refractivity contribution in [3.8, 4) is 0 Å². The highest BCUT2D eigenvalue weighted by Gasteiger charge is 2.04. The molecule has 0 saturated heterocycles. The standard InChI is InChI=1S/C13H13BrFN3/c1-8-4-11(16)7-18-13(8)17-6-9-5-10(15)2-3-12(9)14/h2-5,7H,6,16H2,1H3,(H,17,18). The van der Waals surface area contributed by atoms with Gasteiger partial charge in [-0.05, 0) is 42.3 Å². The summed E-state index contributed by atoms with van der Waals surface area (Å²) in [7, 11) is 0. The lowest BCUT2D eigenvalue weighted by molar-refractivity contribution is 0.625. The van der Waals surface area contributed by atoms with Gasteiger partial charge in [0, 0.05) is 11.0 Å². The van der Waals surface area contributed by atoms with E-state index in [4.69, 9.17) is 5.73 Å². The van der Waals surface area contributed by atoms with E-state index in [-0.39, 0.29) is 5.82 Å². The number of rotatable bonds is 3. The Morgan fingerprint density at radius 2 is 2.17 bits per heavy atom. The maximum Gasteiger partial charge on any atom is 0.129 e. The summed E-state index contributed by atoms with van der Waals surface area (Å²) in [4.78, 5) is 4.20. The highest BCUT2D eigenvalue weighted by Crippen LogP contribution is 2.20. The number of nitrogen functional groups attached to an aromatic ring is 1. The maximum absolute atomic E-state index is 13.1. The number of anilines is 2. The number of hydrogen-bond acceptors (Lipinski definition) is 3. The average molecular weight is 310 g/mol. The van der Waals surface area contributed by atoms with E-state index in [0.717, 1.165) is 21.4 Å². The van der Waals surface area contributed by atoms with E-state index >= 15 is 0 Å². The molecule has 2 rings (SSSR count). The van der Waals surface area contributed by atoms with Crippen molar-refractivity contribution in [2.24, 2.45) is 0 Å². The van der Waals surface area contributed by atoms with E-state index in [1.807, 2.05) is 13.0 Å². The van der Waals surface area contributed by atoms with Crippen molar-refractivity contribution in [3.63, 3.8) is 0 Å². The number of halogens is 2. The molecule has 0 aliphatic rings. The number of nitrogens with zero attached hydrogens (tertiary/aromatic N) is 1. The molecule has 3 nitrogen and oxygen atoms in total. The Bertz CT molecular complexity index is 572. The first-order chi connectivity index (χ1) is 8.56. The molecule has 0 unspecified atom stereocenters. The number of benzene rings is 1. The van der Waals surface area contributed by atoms with Crippen molar-refractivity contribution in [1.82, 2.24) is 4.98 Å². The van der Waals surface area contributed by atoms with Crippen molar-refractivity contribution < 1.29 is 4.39 Å². The molecule has 94 valence electrons. The lowest BCUT2D eigenvalue weighted by Gasteiger charge is -2.10. The van der Waals surface area contributed by atoms with Gasteiger partial charge in [0.2, 0.25) is 0 Å². The molecule has 0 amide bonds. The fourth-order valence-electron chi connectivity index (χ4n) is 1.64. The molecule has 0 bridgehead atoms. The lowest BCUT2D eigenvalue weighted by Crippen LogP contribution is -2.04. The Balaban J connectivity index is 2.13. The third-order valence-corrected chi connectivity index (χ3v) is 3.33. The van der Waals surface area contributed by atoms with Gasteiger partial charge in [0.05, 0.1) is 11.9 Å². The molecule has 0 saturated carbocycles. The second kappa shape index (κ2) is 5.35. The van der Waals surface area contributed by atoms with Crippen LogP contribution in [0.25, 0.3) is 0 Å². The largest absolute Gasteiger partial charge is 0.397 e. The van der Waals surface area contributed by atoms with Crippen LogP contribution in [0.3, 0.4) is 0 Å². The van der Waals surface area contributed by atoms with Crippen molar-refractivity contribution in [2.75, 3.05) is 11.1 Å². The van der Waals surface area contributed by atoms with Gasteiger partial charge in [0.25, 0.3) is 0 Å². The molecule has 1 heterocycles. The first-order valence-electron chi connectivity index (χ1n) is 5.46. The van der Waals surface area contributed by atoms with Gasteiger partial charge in [0.15, 0.2) is 0 Å². The average Bonchev–Trinajstić information content (AvgIpc) is 2.32. The molecule has 0 radical (unpaired) electrons. The van der Waals surface area contributed by atoms with Crippen LogP contribution in [0.1, 0.15) is 11.1 Å². The second-order valence-electron chi connectivity index (χ2n) is 4.02. The Morgan fingerprint density at radius 3 is 2.89 bits per heavy atom. The van der Waals surface area contributed by atoms with Crippen LogP contribution >= 0.6 is 15.9 Å². The van der Waals surface area contributed by atoms with E-state index in [2.05, 4.69) is 26.2 Å². The summed E-state index contributed by atoms with van der Waals surface area (Å²) < 4.78 is 14.0. The second-order valence-corrected chi connectivity index (χ2v) is 4.88. The third-order valence-electron chi connectivity index (χ3n) is 2.55. The molecule has 0 aliphatic heterocycles. The number of hydrogen-bond donors (Lipinski definition) is 2. The van der Waals surface area contributed by atoms with E-state index < -0.39 is 0 Å². The first-order valence-corrected chi connectivity index (χ1v) is 6.25. The molecule has 0 atom stereocenters. The van der Waals surface area contributed by atoms with Gasteiger partial charge in [0.1, 0.15) is 11.6 Å². The van der Waals surface area contributed by atoms with Crippen molar-refractivity contribution in [2.45, 2.75) is 13.5 Å². The zero-order valence-corrected chi connectivity index (χ0v) is 11.5. The highest BCUT2D eigenvalue weighted by atomic mass is 79.9. The van der Waals surface area contributed by atoms with Crippen LogP contribution in [0.5, 0.6) is 0 Å². The Hall–Kier alpha value is -1.62. The monoisotopic (exact) mass is 309 g/mol. The van der Waals surface area contributed by atoms with Gasteiger partial charge < -0.3 is 11.1 Å². The van der Waals surface area contributed by atoms with E-state index in [9.17, 15) is 4.39 Å². The number of pyridine rings is 1. The Labute approximate surface area is 113 Å². The molecular formula is C13H13BrFN3. The zero-order valence-electron chi connectivity index (χ0n) is 9.87. The van der Waals surface area contributed by atoms with E-state index in [1.54, 1.807) is 12.3 Å². The Morgan fingerprint density at radius 1 is 1.39 bits per heavy atom. The zero-order chi connectivity index (χ0) is 13.1. The number of aryl methyl sites for hydroxylation is 1. The van der Waals surface area contributed by atoms with Crippen LogP contribution in [-0.2, 0) is 6.54 Å². The van der Waals surface area contributed by atoms with Crippen LogP contribution in [-0.4, -0.2) is 4.98 Å². The third kappa shape index (κ3) is 2.98. The van der Waals surface area contributed by atoms with Gasteiger partial charge in [-0.2, -0.15) is 0 Å². The van der Waals surface area contributed by atoms with E-state index in [0.29, 0.717) is 12.2 Å². The minimum atomic E-state index is -0.253. The molecule has 0 fully saturated rings. The molecular weight excluding hydrogens is 297 g/mol. The number of aromatic nitrogens is 1. The summed E-state index contributed by atoms with van der Waals surface area (Å²) in [6, 6.07) is 6.44. The van der Waals surface area contributed by atoms with Crippen LogP contribution in [0.15, 0.2) is 34.9 Å². The summed E-state index contributed by atoms with van der Waals surface area (Å²) >= 11 is 3.39. The first kappa shape index (κ1) is 12.8. The van der Waals surface area contributed by atoms with Gasteiger partial charge in [-0.25, -0.2) is 9.37 Å². The maximum atomic E-state index is 13.1. The Kier molecular flexibility index (Phi) is 3.81. The minimum Gasteiger partial charge on any atom is -0.397 e. The number of nitrogens with two attached hydrogens (primary N) is 1. The topological polar surface area (TPSA) is 50.9 Å². The summed E-state index contributed by atoms with van der Waals surface area (Å²) in [6.07, 6.45) is 1.59. The molecule has 0 spiro atoms. The van der Waals surface area contributed by atoms with Crippen molar-refractivity contribution in [3.05, 3.63) is 51.9 Å². The molecule has 18 heavy (non-hydrogen) atoms. The van der Waals surface area contributed by atoms with Crippen LogP contribution < -0.4 is 11.1 Å². The fourth-order valence-corrected chi connectivity index (χ4v) is 2.03. The predicted octanol–water partition coefficient (Wildman–Crippen LogP) is 3.49. The van der Waals surface area contributed by atoms with Crippen LogP contribution in [0.2, 0.25) is 0 Å². The van der Waals surface area contributed by atoms with E-state index in [1.165, 1.54) is 12.1 Å². The SMILES string of the molecule is Cc1cc(N)cnc1NCc1cc(F)ccc1Br. The molecule has 3 N–H and O–H groups in total. The molecule has 1 aromatic heterocycles. The van der Waals surface area contributed by atoms with Crippen LogP contribution in [0.4, 0.5) is 15.9 Å².